The zero-order chi connectivity index (χ0) is 21.0. The van der Waals surface area contributed by atoms with Crippen LogP contribution in [0.3, 0.4) is 0 Å². The standard InChI is InChI=1S/C22H21N3O4/c1-15-3-12-21(28)25(13-15)14-20(27)23-17-6-4-16(5-7-17)22(29)24(2)18-8-10-19(26)11-9-18/h3-13,26H,14H2,1-2H3,(H,23,27). The number of phenols is 1. The first-order valence-electron chi connectivity index (χ1n) is 8.97. The summed E-state index contributed by atoms with van der Waals surface area (Å²) in [4.78, 5) is 38.1. The Hall–Kier alpha value is -3.87. The van der Waals surface area contributed by atoms with Gasteiger partial charge in [-0.05, 0) is 61.0 Å². The van der Waals surface area contributed by atoms with Crippen molar-refractivity contribution in [3.8, 4) is 5.75 Å². The molecule has 3 rings (SSSR count). The first kappa shape index (κ1) is 19.9. The lowest BCUT2D eigenvalue weighted by Gasteiger charge is -2.17. The minimum absolute atomic E-state index is 0.0925. The number of phenolic OH excluding ortho intramolecular Hbond substituents is 1. The zero-order valence-electron chi connectivity index (χ0n) is 16.1. The van der Waals surface area contributed by atoms with Crippen molar-refractivity contribution >= 4 is 23.2 Å². The van der Waals surface area contributed by atoms with Crippen molar-refractivity contribution in [3.63, 3.8) is 0 Å². The average Bonchev–Trinajstić information content (AvgIpc) is 2.71. The van der Waals surface area contributed by atoms with Gasteiger partial charge in [0, 0.05) is 36.2 Å². The number of anilines is 2. The van der Waals surface area contributed by atoms with E-state index in [1.54, 1.807) is 55.7 Å². The molecule has 0 aliphatic rings. The van der Waals surface area contributed by atoms with Crippen LogP contribution >= 0.6 is 0 Å². The molecule has 1 aromatic heterocycles. The molecule has 0 spiro atoms. The Labute approximate surface area is 167 Å². The summed E-state index contributed by atoms with van der Waals surface area (Å²) in [7, 11) is 1.64. The number of hydrogen-bond donors (Lipinski definition) is 2. The smallest absolute Gasteiger partial charge is 0.258 e. The highest BCUT2D eigenvalue weighted by atomic mass is 16.3. The second-order valence-electron chi connectivity index (χ2n) is 6.68. The quantitative estimate of drug-likeness (QED) is 0.700. The van der Waals surface area contributed by atoms with E-state index in [2.05, 4.69) is 5.32 Å². The van der Waals surface area contributed by atoms with Crippen LogP contribution in [0.2, 0.25) is 0 Å². The van der Waals surface area contributed by atoms with E-state index >= 15 is 0 Å². The summed E-state index contributed by atoms with van der Waals surface area (Å²) < 4.78 is 1.34. The highest BCUT2D eigenvalue weighted by Gasteiger charge is 2.14. The molecule has 0 radical (unpaired) electrons. The summed E-state index contributed by atoms with van der Waals surface area (Å²) in [5, 5.41) is 12.1. The summed E-state index contributed by atoms with van der Waals surface area (Å²) >= 11 is 0. The number of carbonyl (C=O) groups is 2. The Morgan fingerprint density at radius 2 is 1.66 bits per heavy atom. The molecule has 0 atom stereocenters. The van der Waals surface area contributed by atoms with Gasteiger partial charge < -0.3 is 19.9 Å². The van der Waals surface area contributed by atoms with Gasteiger partial charge in [-0.2, -0.15) is 0 Å². The van der Waals surface area contributed by atoms with E-state index in [-0.39, 0.29) is 29.7 Å². The summed E-state index contributed by atoms with van der Waals surface area (Å²) in [5.74, 6) is -0.430. The summed E-state index contributed by atoms with van der Waals surface area (Å²) in [6.45, 7) is 1.75. The number of rotatable bonds is 5. The number of benzene rings is 2. The number of hydrogen-bond acceptors (Lipinski definition) is 4. The molecule has 7 heteroatoms. The Balaban J connectivity index is 1.65. The van der Waals surface area contributed by atoms with Gasteiger partial charge in [-0.15, -0.1) is 0 Å². The van der Waals surface area contributed by atoms with Gasteiger partial charge in [-0.1, -0.05) is 6.07 Å². The molecule has 7 nitrogen and oxygen atoms in total. The highest BCUT2D eigenvalue weighted by Crippen LogP contribution is 2.20. The minimum Gasteiger partial charge on any atom is -0.508 e. The highest BCUT2D eigenvalue weighted by molar-refractivity contribution is 6.06. The molecule has 1 heterocycles. The van der Waals surface area contributed by atoms with E-state index < -0.39 is 0 Å². The minimum atomic E-state index is -0.335. The largest absolute Gasteiger partial charge is 0.508 e. The van der Waals surface area contributed by atoms with Crippen LogP contribution < -0.4 is 15.8 Å². The fourth-order valence-corrected chi connectivity index (χ4v) is 2.81. The molecule has 148 valence electrons. The maximum absolute atomic E-state index is 12.6. The third kappa shape index (κ3) is 4.90. The molecule has 3 aromatic rings. The summed E-state index contributed by atoms with van der Waals surface area (Å²) in [5.41, 5.74) is 2.27. The topological polar surface area (TPSA) is 91.6 Å². The lowest BCUT2D eigenvalue weighted by molar-refractivity contribution is -0.116. The molecule has 29 heavy (non-hydrogen) atoms. The maximum Gasteiger partial charge on any atom is 0.258 e. The van der Waals surface area contributed by atoms with Gasteiger partial charge in [0.05, 0.1) is 0 Å². The fraction of sp³-hybridized carbons (Fsp3) is 0.136. The molecule has 0 unspecified atom stereocenters. The summed E-state index contributed by atoms with van der Waals surface area (Å²) in [6.07, 6.45) is 1.63. The number of aromatic hydroxyl groups is 1. The van der Waals surface area contributed by atoms with Gasteiger partial charge in [-0.25, -0.2) is 0 Å². The van der Waals surface area contributed by atoms with Crippen molar-refractivity contribution in [2.24, 2.45) is 0 Å². The fourth-order valence-electron chi connectivity index (χ4n) is 2.81. The Kier molecular flexibility index (Phi) is 5.78. The van der Waals surface area contributed by atoms with E-state index in [0.29, 0.717) is 16.9 Å². The van der Waals surface area contributed by atoms with Gasteiger partial charge in [0.25, 0.3) is 11.5 Å². The molecule has 0 aliphatic heterocycles. The van der Waals surface area contributed by atoms with E-state index in [9.17, 15) is 19.5 Å². The number of amides is 2. The number of nitrogens with one attached hydrogen (secondary N) is 1. The second-order valence-corrected chi connectivity index (χ2v) is 6.68. The SMILES string of the molecule is Cc1ccc(=O)n(CC(=O)Nc2ccc(C(=O)N(C)c3ccc(O)cc3)cc2)c1. The first-order chi connectivity index (χ1) is 13.8. The van der Waals surface area contributed by atoms with E-state index in [4.69, 9.17) is 0 Å². The van der Waals surface area contributed by atoms with E-state index in [1.165, 1.54) is 27.7 Å². The Bertz CT molecular complexity index is 1090. The van der Waals surface area contributed by atoms with Crippen LogP contribution in [0.25, 0.3) is 0 Å². The zero-order valence-corrected chi connectivity index (χ0v) is 16.1. The Morgan fingerprint density at radius 1 is 1.00 bits per heavy atom. The number of pyridine rings is 1. The third-order valence-electron chi connectivity index (χ3n) is 4.40. The number of carbonyl (C=O) groups excluding carboxylic acids is 2. The lowest BCUT2D eigenvalue weighted by Crippen LogP contribution is -2.27. The molecule has 0 fully saturated rings. The molecular weight excluding hydrogens is 370 g/mol. The van der Waals surface area contributed by atoms with Crippen molar-refractivity contribution in [3.05, 3.63) is 88.3 Å². The molecule has 0 saturated heterocycles. The first-order valence-corrected chi connectivity index (χ1v) is 8.97. The van der Waals surface area contributed by atoms with Crippen LogP contribution in [0.4, 0.5) is 11.4 Å². The van der Waals surface area contributed by atoms with Crippen molar-refractivity contribution in [1.29, 1.82) is 0 Å². The van der Waals surface area contributed by atoms with Gasteiger partial charge in [0.1, 0.15) is 12.3 Å². The number of aryl methyl sites for hydroxylation is 1. The molecule has 0 bridgehead atoms. The van der Waals surface area contributed by atoms with E-state index in [1.807, 2.05) is 6.92 Å². The summed E-state index contributed by atoms with van der Waals surface area (Å²) in [6, 6.07) is 15.9. The van der Waals surface area contributed by atoms with Gasteiger partial charge in [0.2, 0.25) is 5.91 Å². The number of nitrogens with zero attached hydrogens (tertiary/aromatic N) is 2. The van der Waals surface area contributed by atoms with Crippen molar-refractivity contribution in [2.75, 3.05) is 17.3 Å². The van der Waals surface area contributed by atoms with Crippen LogP contribution in [-0.4, -0.2) is 28.5 Å². The van der Waals surface area contributed by atoms with Crippen LogP contribution in [-0.2, 0) is 11.3 Å². The predicted molar refractivity (Wildman–Crippen MR) is 111 cm³/mol. The molecule has 2 aromatic carbocycles. The normalized spacial score (nSPS) is 10.4. The number of aromatic nitrogens is 1. The molecule has 2 N–H and O–H groups in total. The Morgan fingerprint density at radius 3 is 2.31 bits per heavy atom. The van der Waals surface area contributed by atoms with E-state index in [0.717, 1.165) is 5.56 Å². The average molecular weight is 391 g/mol. The van der Waals surface area contributed by atoms with Crippen LogP contribution in [0, 0.1) is 6.92 Å². The molecule has 0 aliphatic carbocycles. The molecule has 0 saturated carbocycles. The predicted octanol–water partition coefficient (Wildman–Crippen LogP) is 2.78. The second kappa shape index (κ2) is 8.43. The van der Waals surface area contributed by atoms with Crippen LogP contribution in [0.15, 0.2) is 71.7 Å². The lowest BCUT2D eigenvalue weighted by atomic mass is 10.1. The van der Waals surface area contributed by atoms with Gasteiger partial charge >= 0.3 is 0 Å². The van der Waals surface area contributed by atoms with Gasteiger partial charge in [-0.3, -0.25) is 14.4 Å². The van der Waals surface area contributed by atoms with Crippen LogP contribution in [0.5, 0.6) is 5.75 Å². The van der Waals surface area contributed by atoms with Crippen LogP contribution in [0.1, 0.15) is 15.9 Å². The monoisotopic (exact) mass is 391 g/mol. The molecular formula is C22H21N3O4. The maximum atomic E-state index is 12.6. The van der Waals surface area contributed by atoms with Crippen molar-refractivity contribution < 1.29 is 14.7 Å². The van der Waals surface area contributed by atoms with Crippen molar-refractivity contribution in [2.45, 2.75) is 13.5 Å². The van der Waals surface area contributed by atoms with Crippen molar-refractivity contribution in [1.82, 2.24) is 4.57 Å². The van der Waals surface area contributed by atoms with Gasteiger partial charge in [0.15, 0.2) is 0 Å². The third-order valence-corrected chi connectivity index (χ3v) is 4.40. The molecule has 2 amide bonds.